The van der Waals surface area contributed by atoms with Gasteiger partial charge in [-0.2, -0.15) is 0 Å². The molecule has 2 aromatic rings. The Morgan fingerprint density at radius 1 is 1.07 bits per heavy atom. The second-order valence-electron chi connectivity index (χ2n) is 6.36. The van der Waals surface area contributed by atoms with Crippen LogP contribution in [0.4, 0.5) is 4.79 Å². The van der Waals surface area contributed by atoms with Crippen LogP contribution >= 0.6 is 11.6 Å². The first-order chi connectivity index (χ1) is 13.3. The lowest BCUT2D eigenvalue weighted by Crippen LogP contribution is -2.35. The Kier molecular flexibility index (Phi) is 7.58. The number of benzene rings is 2. The Labute approximate surface area is 169 Å². The molecule has 0 radical (unpaired) electrons. The highest BCUT2D eigenvalue weighted by Crippen LogP contribution is 2.20. The van der Waals surface area contributed by atoms with Gasteiger partial charge in [0.25, 0.3) is 0 Å². The molecule has 7 heteroatoms. The average Bonchev–Trinajstić information content (AvgIpc) is 2.67. The Hall–Kier alpha value is -2.86. The first-order valence-electron chi connectivity index (χ1n) is 8.94. The highest BCUT2D eigenvalue weighted by molar-refractivity contribution is 6.30. The Balaban J connectivity index is 2.02. The fourth-order valence-corrected chi connectivity index (χ4v) is 2.85. The minimum Gasteiger partial charge on any atom is -0.454 e. The minimum atomic E-state index is -0.945. The number of amides is 2. The van der Waals surface area contributed by atoms with E-state index >= 15 is 0 Å². The van der Waals surface area contributed by atoms with E-state index in [1.807, 2.05) is 19.1 Å². The third-order valence-electron chi connectivity index (χ3n) is 4.28. The highest BCUT2D eigenvalue weighted by Gasteiger charge is 2.23. The molecule has 0 bridgehead atoms. The smallest absolute Gasteiger partial charge is 0.312 e. The minimum absolute atomic E-state index is 0.170. The molecule has 0 aliphatic rings. The summed E-state index contributed by atoms with van der Waals surface area (Å²) in [4.78, 5) is 36.1. The summed E-state index contributed by atoms with van der Waals surface area (Å²) in [5.41, 5.74) is 7.44. The Bertz CT molecular complexity index is 834. The van der Waals surface area contributed by atoms with Crippen LogP contribution in [-0.2, 0) is 16.0 Å². The number of urea groups is 1. The molecule has 0 saturated carbocycles. The van der Waals surface area contributed by atoms with E-state index in [1.54, 1.807) is 36.4 Å². The number of hydrogen-bond acceptors (Lipinski definition) is 4. The van der Waals surface area contributed by atoms with Crippen molar-refractivity contribution in [1.82, 2.24) is 5.32 Å². The molecule has 2 rings (SSSR count). The number of rotatable bonds is 8. The number of nitrogens with two attached hydrogens (primary N) is 1. The molecule has 2 aromatic carbocycles. The number of ketones is 1. The number of carbonyl (C=O) groups excluding carboxylic acids is 3. The van der Waals surface area contributed by atoms with Crippen molar-refractivity contribution in [3.63, 3.8) is 0 Å². The van der Waals surface area contributed by atoms with E-state index in [0.717, 1.165) is 12.0 Å². The number of nitrogens with one attached hydrogen (secondary N) is 1. The van der Waals surface area contributed by atoms with E-state index in [-0.39, 0.29) is 12.2 Å². The molecule has 2 atom stereocenters. The SMILES string of the molecule is CCc1ccc(C(=O)[C@@H](C)OC(=O)C[C@@H](NC(N)=O)c2ccc(Cl)cc2)cc1. The summed E-state index contributed by atoms with van der Waals surface area (Å²) in [5, 5.41) is 3.03. The quantitative estimate of drug-likeness (QED) is 0.518. The van der Waals surface area contributed by atoms with Crippen molar-refractivity contribution >= 4 is 29.4 Å². The molecular formula is C21H23ClN2O4. The van der Waals surface area contributed by atoms with Gasteiger partial charge in [-0.3, -0.25) is 9.59 Å². The van der Waals surface area contributed by atoms with Gasteiger partial charge in [0.05, 0.1) is 12.5 Å². The standard InChI is InChI=1S/C21H23ClN2O4/c1-3-14-4-6-16(7-5-14)20(26)13(2)28-19(25)12-18(24-21(23)27)15-8-10-17(22)11-9-15/h4-11,13,18H,3,12H2,1-2H3,(H3,23,24,27)/t13-,18-/m1/s1. The summed E-state index contributed by atoms with van der Waals surface area (Å²) >= 11 is 5.87. The summed E-state index contributed by atoms with van der Waals surface area (Å²) in [7, 11) is 0. The summed E-state index contributed by atoms with van der Waals surface area (Å²) in [6, 6.07) is 12.4. The zero-order valence-electron chi connectivity index (χ0n) is 15.8. The van der Waals surface area contributed by atoms with Crippen LogP contribution in [0.15, 0.2) is 48.5 Å². The molecule has 0 heterocycles. The van der Waals surface area contributed by atoms with E-state index in [4.69, 9.17) is 22.1 Å². The number of halogens is 1. The molecule has 28 heavy (non-hydrogen) atoms. The summed E-state index contributed by atoms with van der Waals surface area (Å²) in [6.45, 7) is 3.55. The van der Waals surface area contributed by atoms with Gasteiger partial charge >= 0.3 is 12.0 Å². The van der Waals surface area contributed by atoms with E-state index in [1.165, 1.54) is 6.92 Å². The molecule has 148 valence electrons. The molecule has 0 aliphatic heterocycles. The van der Waals surface area contributed by atoms with Crippen LogP contribution in [0, 0.1) is 0 Å². The number of hydrogen-bond donors (Lipinski definition) is 2. The maximum Gasteiger partial charge on any atom is 0.312 e. The van der Waals surface area contributed by atoms with E-state index in [0.29, 0.717) is 16.1 Å². The van der Waals surface area contributed by atoms with Crippen LogP contribution in [0.5, 0.6) is 0 Å². The van der Waals surface area contributed by atoms with Crippen LogP contribution in [0.25, 0.3) is 0 Å². The van der Waals surface area contributed by atoms with Crippen molar-refractivity contribution in [3.8, 4) is 0 Å². The molecule has 3 N–H and O–H groups in total. The first kappa shape index (κ1) is 21.4. The number of primary amides is 1. The number of ether oxygens (including phenoxy) is 1. The zero-order chi connectivity index (χ0) is 20.7. The van der Waals surface area contributed by atoms with Crippen LogP contribution < -0.4 is 11.1 Å². The number of carbonyl (C=O) groups is 3. The van der Waals surface area contributed by atoms with Gasteiger partial charge in [-0.05, 0) is 36.6 Å². The second kappa shape index (κ2) is 9.90. The van der Waals surface area contributed by atoms with Gasteiger partial charge in [-0.15, -0.1) is 0 Å². The topological polar surface area (TPSA) is 98.5 Å². The lowest BCUT2D eigenvalue weighted by molar-refractivity contribution is -0.146. The maximum atomic E-state index is 12.5. The molecule has 6 nitrogen and oxygen atoms in total. The van der Waals surface area contributed by atoms with Crippen LogP contribution in [-0.4, -0.2) is 23.9 Å². The zero-order valence-corrected chi connectivity index (χ0v) is 16.5. The van der Waals surface area contributed by atoms with Crippen LogP contribution in [0.1, 0.15) is 47.8 Å². The first-order valence-corrected chi connectivity index (χ1v) is 9.32. The van der Waals surface area contributed by atoms with Crippen molar-refractivity contribution < 1.29 is 19.1 Å². The van der Waals surface area contributed by atoms with E-state index in [2.05, 4.69) is 5.32 Å². The highest BCUT2D eigenvalue weighted by atomic mass is 35.5. The fourth-order valence-electron chi connectivity index (χ4n) is 2.72. The summed E-state index contributed by atoms with van der Waals surface area (Å²) < 4.78 is 5.27. The normalized spacial score (nSPS) is 12.7. The van der Waals surface area contributed by atoms with E-state index < -0.39 is 24.1 Å². The van der Waals surface area contributed by atoms with Gasteiger partial charge in [0.15, 0.2) is 6.10 Å². The van der Waals surface area contributed by atoms with Crippen LogP contribution in [0.3, 0.4) is 0 Å². The van der Waals surface area contributed by atoms with Gasteiger partial charge < -0.3 is 15.8 Å². The third kappa shape index (κ3) is 6.09. The summed E-state index contributed by atoms with van der Waals surface area (Å²) in [5.74, 6) is -0.915. The largest absolute Gasteiger partial charge is 0.454 e. The number of esters is 1. The van der Waals surface area contributed by atoms with Crippen molar-refractivity contribution in [2.75, 3.05) is 0 Å². The Morgan fingerprint density at radius 2 is 1.68 bits per heavy atom. The Morgan fingerprint density at radius 3 is 2.21 bits per heavy atom. The molecule has 0 fully saturated rings. The molecule has 0 aliphatic carbocycles. The van der Waals surface area contributed by atoms with Gasteiger partial charge in [0.2, 0.25) is 5.78 Å². The van der Waals surface area contributed by atoms with Gasteiger partial charge in [-0.25, -0.2) is 4.79 Å². The predicted octanol–water partition coefficient (Wildman–Crippen LogP) is 3.82. The third-order valence-corrected chi connectivity index (χ3v) is 4.54. The number of Topliss-reactive ketones (excluding diaryl/α,β-unsaturated/α-hetero) is 1. The summed E-state index contributed by atoms with van der Waals surface area (Å²) in [6.07, 6.45) is -0.242. The molecule has 2 amide bonds. The predicted molar refractivity (Wildman–Crippen MR) is 107 cm³/mol. The molecular weight excluding hydrogens is 380 g/mol. The molecule has 0 unspecified atom stereocenters. The second-order valence-corrected chi connectivity index (χ2v) is 6.80. The number of aryl methyl sites for hydroxylation is 1. The average molecular weight is 403 g/mol. The lowest BCUT2D eigenvalue weighted by Gasteiger charge is -2.19. The monoisotopic (exact) mass is 402 g/mol. The molecule has 0 aromatic heterocycles. The van der Waals surface area contributed by atoms with E-state index in [9.17, 15) is 14.4 Å². The van der Waals surface area contributed by atoms with Crippen LogP contribution in [0.2, 0.25) is 5.02 Å². The maximum absolute atomic E-state index is 12.5. The van der Waals surface area contributed by atoms with Crippen molar-refractivity contribution in [2.24, 2.45) is 5.73 Å². The van der Waals surface area contributed by atoms with Gasteiger partial charge in [0.1, 0.15) is 0 Å². The molecule has 0 saturated heterocycles. The lowest BCUT2D eigenvalue weighted by atomic mass is 10.0. The van der Waals surface area contributed by atoms with Crippen molar-refractivity contribution in [1.29, 1.82) is 0 Å². The fraction of sp³-hybridized carbons (Fsp3) is 0.286. The molecule has 0 spiro atoms. The van der Waals surface area contributed by atoms with Gasteiger partial charge in [0, 0.05) is 10.6 Å². The van der Waals surface area contributed by atoms with Crippen molar-refractivity contribution in [2.45, 2.75) is 38.8 Å². The van der Waals surface area contributed by atoms with Gasteiger partial charge in [-0.1, -0.05) is 54.9 Å². The van der Waals surface area contributed by atoms with Crippen molar-refractivity contribution in [3.05, 3.63) is 70.2 Å².